The zero-order valence-corrected chi connectivity index (χ0v) is 13.4. The summed E-state index contributed by atoms with van der Waals surface area (Å²) in [5, 5.41) is 0. The van der Waals surface area contributed by atoms with Crippen molar-refractivity contribution in [2.75, 3.05) is 26.7 Å². The van der Waals surface area contributed by atoms with E-state index in [1.807, 2.05) is 12.4 Å². The van der Waals surface area contributed by atoms with Gasteiger partial charge in [0, 0.05) is 31.5 Å². The Morgan fingerprint density at radius 3 is 2.95 bits per heavy atom. The molecule has 1 aromatic carbocycles. The Labute approximate surface area is 133 Å². The van der Waals surface area contributed by atoms with Gasteiger partial charge in [-0.15, -0.1) is 0 Å². The first-order valence-corrected chi connectivity index (χ1v) is 8.26. The quantitative estimate of drug-likeness (QED) is 0.890. The first kappa shape index (κ1) is 15.3. The van der Waals surface area contributed by atoms with Crippen molar-refractivity contribution < 1.29 is 0 Å². The van der Waals surface area contributed by atoms with E-state index in [1.165, 1.54) is 31.5 Å². The third-order valence-electron chi connectivity index (χ3n) is 4.62. The van der Waals surface area contributed by atoms with Crippen LogP contribution in [0.1, 0.15) is 24.2 Å². The Kier molecular flexibility index (Phi) is 5.24. The van der Waals surface area contributed by atoms with Gasteiger partial charge in [0.25, 0.3) is 0 Å². The maximum absolute atomic E-state index is 4.34. The molecule has 0 saturated carbocycles. The molecule has 1 N–H and O–H groups in total. The highest BCUT2D eigenvalue weighted by atomic mass is 15.2. The molecule has 1 fully saturated rings. The number of aromatic amines is 1. The van der Waals surface area contributed by atoms with Crippen LogP contribution in [0.3, 0.4) is 0 Å². The largest absolute Gasteiger partial charge is 0.348 e. The summed E-state index contributed by atoms with van der Waals surface area (Å²) in [7, 11) is 2.22. The Hall–Kier alpha value is -1.65. The number of aromatic nitrogens is 2. The van der Waals surface area contributed by atoms with Crippen LogP contribution < -0.4 is 0 Å². The molecule has 1 aromatic heterocycles. The lowest BCUT2D eigenvalue weighted by atomic mass is 10.0. The van der Waals surface area contributed by atoms with Crippen LogP contribution in [0.4, 0.5) is 0 Å². The number of rotatable bonds is 6. The second kappa shape index (κ2) is 7.56. The van der Waals surface area contributed by atoms with Crippen LogP contribution in [0.2, 0.25) is 0 Å². The Balaban J connectivity index is 1.48. The van der Waals surface area contributed by atoms with Gasteiger partial charge in [0.2, 0.25) is 0 Å². The number of likely N-dealkylation sites (tertiary alicyclic amines) is 1. The lowest BCUT2D eigenvalue weighted by Gasteiger charge is -2.37. The topological polar surface area (TPSA) is 35.2 Å². The van der Waals surface area contributed by atoms with Crippen molar-refractivity contribution in [1.29, 1.82) is 0 Å². The number of hydrogen-bond donors (Lipinski definition) is 1. The van der Waals surface area contributed by atoms with Gasteiger partial charge >= 0.3 is 0 Å². The van der Waals surface area contributed by atoms with E-state index in [0.717, 1.165) is 25.3 Å². The molecule has 22 heavy (non-hydrogen) atoms. The smallest absolute Gasteiger partial charge is 0.120 e. The number of hydrogen-bond acceptors (Lipinski definition) is 3. The molecule has 0 aliphatic carbocycles. The van der Waals surface area contributed by atoms with Gasteiger partial charge in [0.05, 0.1) is 6.54 Å². The molecule has 118 valence electrons. The normalized spacial score (nSPS) is 19.6. The standard InChI is InChI=1S/C18H26N4/c1-21(15-18-19-10-11-20-18)17-8-5-12-22(14-17)13-9-16-6-3-2-4-7-16/h2-4,6-7,10-11,17H,5,8-9,12-15H2,1H3,(H,19,20). The summed E-state index contributed by atoms with van der Waals surface area (Å²) >= 11 is 0. The molecule has 2 heterocycles. The van der Waals surface area contributed by atoms with Crippen LogP contribution in [-0.2, 0) is 13.0 Å². The molecule has 1 aliphatic heterocycles. The average Bonchev–Trinajstić information content (AvgIpc) is 3.07. The number of piperidine rings is 1. The van der Waals surface area contributed by atoms with Crippen molar-refractivity contribution in [2.45, 2.75) is 31.8 Å². The van der Waals surface area contributed by atoms with Gasteiger partial charge in [0.1, 0.15) is 5.82 Å². The third-order valence-corrected chi connectivity index (χ3v) is 4.62. The summed E-state index contributed by atoms with van der Waals surface area (Å²) in [5.41, 5.74) is 1.44. The van der Waals surface area contributed by atoms with E-state index in [0.29, 0.717) is 6.04 Å². The lowest BCUT2D eigenvalue weighted by molar-refractivity contribution is 0.111. The van der Waals surface area contributed by atoms with Crippen molar-refractivity contribution in [3.8, 4) is 0 Å². The van der Waals surface area contributed by atoms with Crippen LogP contribution in [-0.4, -0.2) is 52.5 Å². The first-order valence-electron chi connectivity index (χ1n) is 8.26. The van der Waals surface area contributed by atoms with E-state index in [2.05, 4.69) is 57.1 Å². The molecule has 0 bridgehead atoms. The Morgan fingerprint density at radius 1 is 1.32 bits per heavy atom. The van der Waals surface area contributed by atoms with Gasteiger partial charge in [-0.25, -0.2) is 4.98 Å². The predicted octanol–water partition coefficient (Wildman–Crippen LogP) is 2.55. The van der Waals surface area contributed by atoms with E-state index < -0.39 is 0 Å². The minimum absolute atomic E-state index is 0.634. The molecule has 1 atom stereocenters. The molecule has 1 saturated heterocycles. The van der Waals surface area contributed by atoms with Crippen LogP contribution >= 0.6 is 0 Å². The van der Waals surface area contributed by atoms with Crippen molar-refractivity contribution in [2.24, 2.45) is 0 Å². The van der Waals surface area contributed by atoms with Gasteiger partial charge in [-0.2, -0.15) is 0 Å². The maximum Gasteiger partial charge on any atom is 0.120 e. The maximum atomic E-state index is 4.34. The second-order valence-electron chi connectivity index (χ2n) is 6.28. The zero-order valence-electron chi connectivity index (χ0n) is 13.4. The second-order valence-corrected chi connectivity index (χ2v) is 6.28. The molecule has 1 aliphatic rings. The van der Waals surface area contributed by atoms with Crippen LogP contribution in [0, 0.1) is 0 Å². The zero-order chi connectivity index (χ0) is 15.2. The van der Waals surface area contributed by atoms with E-state index >= 15 is 0 Å². The molecule has 2 aromatic rings. The predicted molar refractivity (Wildman–Crippen MR) is 89.7 cm³/mol. The number of nitrogens with one attached hydrogen (secondary N) is 1. The van der Waals surface area contributed by atoms with Crippen molar-refractivity contribution in [3.05, 3.63) is 54.1 Å². The van der Waals surface area contributed by atoms with Crippen LogP contribution in [0.15, 0.2) is 42.7 Å². The number of benzene rings is 1. The minimum atomic E-state index is 0.634. The minimum Gasteiger partial charge on any atom is -0.348 e. The summed E-state index contributed by atoms with van der Waals surface area (Å²) in [5.74, 6) is 1.06. The summed E-state index contributed by atoms with van der Waals surface area (Å²) < 4.78 is 0. The molecule has 4 nitrogen and oxygen atoms in total. The fourth-order valence-corrected chi connectivity index (χ4v) is 3.28. The SMILES string of the molecule is CN(Cc1ncc[nH]1)C1CCCN(CCc2ccccc2)C1. The van der Waals surface area contributed by atoms with Crippen LogP contribution in [0.5, 0.6) is 0 Å². The lowest BCUT2D eigenvalue weighted by Crippen LogP contribution is -2.46. The third kappa shape index (κ3) is 4.18. The Bertz CT molecular complexity index is 537. The number of likely N-dealkylation sites (N-methyl/N-ethyl adjacent to an activating group) is 1. The van der Waals surface area contributed by atoms with Crippen molar-refractivity contribution >= 4 is 0 Å². The van der Waals surface area contributed by atoms with Gasteiger partial charge in [0.15, 0.2) is 0 Å². The monoisotopic (exact) mass is 298 g/mol. The van der Waals surface area contributed by atoms with Gasteiger partial charge in [-0.05, 0) is 38.4 Å². The van der Waals surface area contributed by atoms with Crippen molar-refractivity contribution in [3.63, 3.8) is 0 Å². The molecular weight excluding hydrogens is 272 g/mol. The van der Waals surface area contributed by atoms with Gasteiger partial charge < -0.3 is 9.88 Å². The van der Waals surface area contributed by atoms with E-state index in [4.69, 9.17) is 0 Å². The summed E-state index contributed by atoms with van der Waals surface area (Å²) in [6, 6.07) is 11.4. The average molecular weight is 298 g/mol. The Morgan fingerprint density at radius 2 is 2.18 bits per heavy atom. The molecule has 1 unspecified atom stereocenters. The number of nitrogens with zero attached hydrogens (tertiary/aromatic N) is 3. The first-order chi connectivity index (χ1) is 10.8. The molecule has 0 amide bonds. The molecule has 0 spiro atoms. The highest BCUT2D eigenvalue weighted by Gasteiger charge is 2.23. The summed E-state index contributed by atoms with van der Waals surface area (Å²) in [6.45, 7) is 4.47. The number of imidazole rings is 1. The van der Waals surface area contributed by atoms with Gasteiger partial charge in [-0.1, -0.05) is 30.3 Å². The fourth-order valence-electron chi connectivity index (χ4n) is 3.28. The highest BCUT2D eigenvalue weighted by Crippen LogP contribution is 2.16. The van der Waals surface area contributed by atoms with Gasteiger partial charge in [-0.3, -0.25) is 4.90 Å². The van der Waals surface area contributed by atoms with E-state index in [-0.39, 0.29) is 0 Å². The number of H-pyrrole nitrogens is 1. The van der Waals surface area contributed by atoms with Crippen molar-refractivity contribution in [1.82, 2.24) is 19.8 Å². The highest BCUT2D eigenvalue weighted by molar-refractivity contribution is 5.14. The summed E-state index contributed by atoms with van der Waals surface area (Å²) in [6.07, 6.45) is 7.46. The molecule has 4 heteroatoms. The fraction of sp³-hybridized carbons (Fsp3) is 0.500. The molecule has 3 rings (SSSR count). The molecular formula is C18H26N4. The van der Waals surface area contributed by atoms with E-state index in [1.54, 1.807) is 0 Å². The van der Waals surface area contributed by atoms with E-state index in [9.17, 15) is 0 Å². The molecule has 0 radical (unpaired) electrons. The van der Waals surface area contributed by atoms with Crippen LogP contribution in [0.25, 0.3) is 0 Å². The summed E-state index contributed by atoms with van der Waals surface area (Å²) in [4.78, 5) is 12.6.